The Morgan fingerprint density at radius 2 is 1.85 bits per heavy atom. The van der Waals surface area contributed by atoms with E-state index < -0.39 is 17.3 Å². The lowest BCUT2D eigenvalue weighted by Crippen LogP contribution is -2.36. The first kappa shape index (κ1) is 18.4. The maximum Gasteiger partial charge on any atom is 0.315 e. The van der Waals surface area contributed by atoms with Gasteiger partial charge in [-0.3, -0.25) is 14.4 Å². The van der Waals surface area contributed by atoms with Crippen LogP contribution >= 0.6 is 11.8 Å². The number of nitrogens with two attached hydrogens (primary N) is 1. The SMILES string of the molecule is Nc1ccc(C(=O)C(=O)C(=O)CCCC[C@@H]2SC[C@@H]3NC(=O)N[C@@H]32)cc1. The molecule has 8 heteroatoms. The van der Waals surface area contributed by atoms with Crippen LogP contribution in [0.4, 0.5) is 10.5 Å². The number of benzene rings is 1. The highest BCUT2D eigenvalue weighted by molar-refractivity contribution is 8.00. The first-order valence-electron chi connectivity index (χ1n) is 8.61. The molecule has 138 valence electrons. The van der Waals surface area contributed by atoms with E-state index in [1.165, 1.54) is 24.3 Å². The molecule has 0 saturated carbocycles. The highest BCUT2D eigenvalue weighted by Gasteiger charge is 2.42. The second-order valence-electron chi connectivity index (χ2n) is 6.57. The minimum Gasteiger partial charge on any atom is -0.399 e. The Bertz CT molecular complexity index is 734. The molecule has 1 aromatic rings. The van der Waals surface area contributed by atoms with Crippen molar-refractivity contribution in [2.24, 2.45) is 0 Å². The summed E-state index contributed by atoms with van der Waals surface area (Å²) < 4.78 is 0. The number of rotatable bonds is 8. The number of thioether (sulfide) groups is 1. The van der Waals surface area contributed by atoms with Gasteiger partial charge in [0.2, 0.25) is 11.6 Å². The molecular weight excluding hydrogens is 354 g/mol. The maximum atomic E-state index is 12.0. The minimum atomic E-state index is -0.975. The molecule has 2 aliphatic rings. The summed E-state index contributed by atoms with van der Waals surface area (Å²) in [6.07, 6.45) is 2.25. The van der Waals surface area contributed by atoms with E-state index >= 15 is 0 Å². The maximum absolute atomic E-state index is 12.0. The van der Waals surface area contributed by atoms with Gasteiger partial charge in [-0.25, -0.2) is 4.79 Å². The van der Waals surface area contributed by atoms with Gasteiger partial charge in [0.15, 0.2) is 0 Å². The summed E-state index contributed by atoms with van der Waals surface area (Å²) in [5.74, 6) is -1.53. The summed E-state index contributed by atoms with van der Waals surface area (Å²) in [5.41, 5.74) is 6.21. The van der Waals surface area contributed by atoms with Gasteiger partial charge in [-0.15, -0.1) is 0 Å². The average Bonchev–Trinajstić information content (AvgIpc) is 3.17. The second-order valence-corrected chi connectivity index (χ2v) is 7.84. The molecule has 2 amide bonds. The molecular formula is C18H21N3O4S. The van der Waals surface area contributed by atoms with Gasteiger partial charge in [-0.05, 0) is 37.1 Å². The Morgan fingerprint density at radius 1 is 1.12 bits per heavy atom. The topological polar surface area (TPSA) is 118 Å². The van der Waals surface area contributed by atoms with Crippen molar-refractivity contribution < 1.29 is 19.2 Å². The Hall–Kier alpha value is -2.35. The Morgan fingerprint density at radius 3 is 2.58 bits per heavy atom. The van der Waals surface area contributed by atoms with Crippen molar-refractivity contribution >= 4 is 40.8 Å². The van der Waals surface area contributed by atoms with E-state index in [0.717, 1.165) is 18.6 Å². The summed E-state index contributed by atoms with van der Waals surface area (Å²) in [7, 11) is 0. The molecule has 0 radical (unpaired) electrons. The van der Waals surface area contributed by atoms with Crippen LogP contribution in [0.2, 0.25) is 0 Å². The fourth-order valence-corrected chi connectivity index (χ4v) is 4.82. The van der Waals surface area contributed by atoms with Crippen LogP contribution < -0.4 is 16.4 Å². The molecule has 1 aromatic carbocycles. The van der Waals surface area contributed by atoms with Gasteiger partial charge in [0.1, 0.15) is 0 Å². The predicted molar refractivity (Wildman–Crippen MR) is 99.2 cm³/mol. The summed E-state index contributed by atoms with van der Waals surface area (Å²) >= 11 is 1.81. The van der Waals surface area contributed by atoms with Crippen LogP contribution in [0, 0.1) is 0 Å². The van der Waals surface area contributed by atoms with Crippen LogP contribution in [0.5, 0.6) is 0 Å². The zero-order valence-corrected chi connectivity index (χ0v) is 15.0. The summed E-state index contributed by atoms with van der Waals surface area (Å²) in [5, 5.41) is 6.13. The molecule has 3 rings (SSSR count). The normalized spacial score (nSPS) is 23.8. The van der Waals surface area contributed by atoms with Crippen LogP contribution in [-0.4, -0.2) is 46.5 Å². The van der Waals surface area contributed by atoms with Gasteiger partial charge < -0.3 is 16.4 Å². The number of anilines is 1. The van der Waals surface area contributed by atoms with Crippen LogP contribution in [0.1, 0.15) is 36.0 Å². The van der Waals surface area contributed by atoms with Crippen LogP contribution in [0.3, 0.4) is 0 Å². The molecule has 0 spiro atoms. The number of carbonyl (C=O) groups excluding carboxylic acids is 4. The summed E-state index contributed by atoms with van der Waals surface area (Å²) in [6, 6.07) is 6.13. The predicted octanol–water partition coefficient (Wildman–Crippen LogP) is 1.32. The van der Waals surface area contributed by atoms with Gasteiger partial charge in [0.25, 0.3) is 5.78 Å². The molecule has 2 fully saturated rings. The smallest absolute Gasteiger partial charge is 0.315 e. The van der Waals surface area contributed by atoms with Crippen LogP contribution in [0.15, 0.2) is 24.3 Å². The third kappa shape index (κ3) is 4.07. The van der Waals surface area contributed by atoms with Crippen molar-refractivity contribution in [3.8, 4) is 0 Å². The number of hydrogen-bond acceptors (Lipinski definition) is 6. The summed E-state index contributed by atoms with van der Waals surface area (Å²) in [6.45, 7) is 0. The second kappa shape index (κ2) is 7.90. The van der Waals surface area contributed by atoms with E-state index in [9.17, 15) is 19.2 Å². The van der Waals surface area contributed by atoms with E-state index in [0.29, 0.717) is 17.4 Å². The molecule has 0 aliphatic carbocycles. The van der Waals surface area contributed by atoms with Crippen molar-refractivity contribution in [3.05, 3.63) is 29.8 Å². The quantitative estimate of drug-likeness (QED) is 0.157. The Kier molecular flexibility index (Phi) is 5.61. The highest BCUT2D eigenvalue weighted by Crippen LogP contribution is 2.33. The first-order valence-corrected chi connectivity index (χ1v) is 9.66. The first-order chi connectivity index (χ1) is 12.5. The van der Waals surface area contributed by atoms with Gasteiger partial charge in [-0.1, -0.05) is 6.42 Å². The van der Waals surface area contributed by atoms with Gasteiger partial charge in [-0.2, -0.15) is 11.8 Å². The van der Waals surface area contributed by atoms with Crippen molar-refractivity contribution in [1.29, 1.82) is 0 Å². The largest absolute Gasteiger partial charge is 0.399 e. The molecule has 2 aliphatic heterocycles. The Labute approximate surface area is 155 Å². The third-order valence-electron chi connectivity index (χ3n) is 4.71. The lowest BCUT2D eigenvalue weighted by atomic mass is 9.99. The molecule has 4 N–H and O–H groups in total. The molecule has 0 unspecified atom stereocenters. The molecule has 2 saturated heterocycles. The number of unbranched alkanes of at least 4 members (excludes halogenated alkanes) is 1. The number of carbonyl (C=O) groups is 4. The molecule has 26 heavy (non-hydrogen) atoms. The minimum absolute atomic E-state index is 0.0651. The lowest BCUT2D eigenvalue weighted by molar-refractivity contribution is -0.134. The Balaban J connectivity index is 1.41. The number of ketones is 3. The van der Waals surface area contributed by atoms with Gasteiger partial charge >= 0.3 is 6.03 Å². The number of hydrogen-bond donors (Lipinski definition) is 3. The number of Topliss-reactive ketones (excluding diaryl/α,β-unsaturated/α-hetero) is 3. The number of fused-ring (bicyclic) bond motifs is 1. The number of nitrogen functional groups attached to an aromatic ring is 1. The van der Waals surface area contributed by atoms with E-state index in [4.69, 9.17) is 5.73 Å². The standard InChI is InChI=1S/C18H21N3O4S/c19-11-7-5-10(6-8-11)16(23)17(24)13(22)3-1-2-4-14-15-12(9-26-14)20-18(25)21-15/h5-8,12,14-15H,1-4,9,19H2,(H2,20,21,25)/t12-,14-,15-/m0/s1. The molecule has 0 aromatic heterocycles. The average molecular weight is 375 g/mol. The highest BCUT2D eigenvalue weighted by atomic mass is 32.2. The van der Waals surface area contributed by atoms with E-state index in [1.807, 2.05) is 11.8 Å². The summed E-state index contributed by atoms with van der Waals surface area (Å²) in [4.78, 5) is 47.3. The molecule has 7 nitrogen and oxygen atoms in total. The monoisotopic (exact) mass is 375 g/mol. The zero-order valence-electron chi connectivity index (χ0n) is 14.2. The van der Waals surface area contributed by atoms with Gasteiger partial charge in [0, 0.05) is 28.7 Å². The lowest BCUT2D eigenvalue weighted by Gasteiger charge is -2.16. The third-order valence-corrected chi connectivity index (χ3v) is 6.22. The zero-order chi connectivity index (χ0) is 18.7. The van der Waals surface area contributed by atoms with Crippen molar-refractivity contribution in [2.75, 3.05) is 11.5 Å². The fourth-order valence-electron chi connectivity index (χ4n) is 3.28. The number of urea groups is 1. The van der Waals surface area contributed by atoms with E-state index in [1.54, 1.807) is 0 Å². The van der Waals surface area contributed by atoms with E-state index in [-0.39, 0.29) is 30.1 Å². The number of amides is 2. The van der Waals surface area contributed by atoms with Gasteiger partial charge in [0.05, 0.1) is 12.1 Å². The molecule has 0 bridgehead atoms. The van der Waals surface area contributed by atoms with Crippen LogP contribution in [0.25, 0.3) is 0 Å². The molecule has 3 atom stereocenters. The van der Waals surface area contributed by atoms with Crippen molar-refractivity contribution in [3.63, 3.8) is 0 Å². The van der Waals surface area contributed by atoms with E-state index in [2.05, 4.69) is 10.6 Å². The fraction of sp³-hybridized carbons (Fsp3) is 0.444. The van der Waals surface area contributed by atoms with Crippen LogP contribution in [-0.2, 0) is 9.59 Å². The number of nitrogens with one attached hydrogen (secondary N) is 2. The molecule has 2 heterocycles. The van der Waals surface area contributed by atoms with Crippen molar-refractivity contribution in [2.45, 2.75) is 43.0 Å². The van der Waals surface area contributed by atoms with Crippen molar-refractivity contribution in [1.82, 2.24) is 10.6 Å².